The molecule has 3 nitrogen and oxygen atoms in total. The van der Waals surface area contributed by atoms with Crippen LogP contribution in [0.4, 0.5) is 0 Å². The van der Waals surface area contributed by atoms with E-state index in [-0.39, 0.29) is 22.4 Å². The second-order valence-electron chi connectivity index (χ2n) is 9.20. The predicted octanol–water partition coefficient (Wildman–Crippen LogP) is 3.45. The van der Waals surface area contributed by atoms with E-state index in [1.165, 1.54) is 38.5 Å². The van der Waals surface area contributed by atoms with Gasteiger partial charge in [-0.1, -0.05) is 0 Å². The minimum absolute atomic E-state index is 0.0402. The lowest BCUT2D eigenvalue weighted by Crippen LogP contribution is -2.45. The number of fused-ring (bicyclic) bond motifs is 2. The van der Waals surface area contributed by atoms with Gasteiger partial charge in [-0.3, -0.25) is 0 Å². The molecule has 5 aliphatic rings. The van der Waals surface area contributed by atoms with Gasteiger partial charge in [0.1, 0.15) is 5.60 Å². The predicted molar refractivity (Wildman–Crippen MR) is 79.1 cm³/mol. The van der Waals surface area contributed by atoms with Gasteiger partial charge in [-0.25, -0.2) is 0 Å². The van der Waals surface area contributed by atoms with Gasteiger partial charge >= 0.3 is 0 Å². The monoisotopic (exact) mass is 292 g/mol. The molecule has 0 N–H and O–H groups in total. The summed E-state index contributed by atoms with van der Waals surface area (Å²) in [5, 5.41) is 0. The van der Waals surface area contributed by atoms with E-state index in [9.17, 15) is 0 Å². The number of rotatable bonds is 2. The van der Waals surface area contributed by atoms with Gasteiger partial charge in [0, 0.05) is 0 Å². The molecule has 3 aliphatic heterocycles. The normalized spacial score (nSPS) is 63.4. The van der Waals surface area contributed by atoms with Gasteiger partial charge in [0.15, 0.2) is 0 Å². The first-order chi connectivity index (χ1) is 9.79. The van der Waals surface area contributed by atoms with Crippen LogP contribution in [0.15, 0.2) is 0 Å². The maximum absolute atomic E-state index is 6.48. The Morgan fingerprint density at radius 2 is 1.14 bits per heavy atom. The molecule has 0 bridgehead atoms. The topological polar surface area (TPSA) is 37.6 Å². The fraction of sp³-hybridized carbons (Fsp3) is 1.00. The summed E-state index contributed by atoms with van der Waals surface area (Å²) >= 11 is 0. The molecule has 118 valence electrons. The first kappa shape index (κ1) is 13.3. The second kappa shape index (κ2) is 3.52. The van der Waals surface area contributed by atoms with Gasteiger partial charge in [0.25, 0.3) is 0 Å². The van der Waals surface area contributed by atoms with Crippen LogP contribution in [0.5, 0.6) is 0 Å². The van der Waals surface area contributed by atoms with Gasteiger partial charge in [0.2, 0.25) is 0 Å². The Morgan fingerprint density at radius 1 is 0.714 bits per heavy atom. The van der Waals surface area contributed by atoms with E-state index in [4.69, 9.17) is 14.2 Å². The minimum Gasteiger partial charge on any atom is -0.366 e. The van der Waals surface area contributed by atoms with E-state index in [1.54, 1.807) is 0 Å². The molecule has 3 heteroatoms. The van der Waals surface area contributed by atoms with Crippen LogP contribution in [-0.2, 0) is 14.2 Å². The zero-order chi connectivity index (χ0) is 14.7. The molecule has 2 saturated carbocycles. The lowest BCUT2D eigenvalue weighted by molar-refractivity contribution is 0.0791. The van der Waals surface area contributed by atoms with Crippen LogP contribution < -0.4 is 0 Å². The Morgan fingerprint density at radius 3 is 1.48 bits per heavy atom. The largest absolute Gasteiger partial charge is 0.366 e. The molecule has 21 heavy (non-hydrogen) atoms. The Bertz CT molecular complexity index is 467. The molecule has 0 amide bonds. The summed E-state index contributed by atoms with van der Waals surface area (Å²) < 4.78 is 18.4. The van der Waals surface area contributed by atoms with Crippen molar-refractivity contribution in [3.8, 4) is 0 Å². The van der Waals surface area contributed by atoms with Crippen LogP contribution in [0, 0.1) is 11.8 Å². The molecule has 0 aromatic heterocycles. The van der Waals surface area contributed by atoms with Crippen LogP contribution in [0.25, 0.3) is 0 Å². The third-order valence-corrected chi connectivity index (χ3v) is 7.47. The maximum atomic E-state index is 6.48. The fourth-order valence-corrected chi connectivity index (χ4v) is 6.17. The SMILES string of the molecule is CC12CC(C3(C4CCC5OC5(C)C4)OC3(C)C)CCC1O2. The first-order valence-corrected chi connectivity index (χ1v) is 8.85. The average Bonchev–Trinajstić information content (AvgIpc) is 3.29. The van der Waals surface area contributed by atoms with Crippen molar-refractivity contribution in [3.05, 3.63) is 0 Å². The second-order valence-corrected chi connectivity index (χ2v) is 9.20. The van der Waals surface area contributed by atoms with E-state index in [0.29, 0.717) is 24.0 Å². The summed E-state index contributed by atoms with van der Waals surface area (Å²) in [6.45, 7) is 9.21. The number of ether oxygens (including phenoxy) is 3. The third kappa shape index (κ3) is 1.61. The number of epoxide rings is 3. The zero-order valence-electron chi connectivity index (χ0n) is 13.8. The molecule has 6 unspecified atom stereocenters. The molecular formula is C18H28O3. The van der Waals surface area contributed by atoms with Crippen molar-refractivity contribution in [1.29, 1.82) is 0 Å². The van der Waals surface area contributed by atoms with Crippen molar-refractivity contribution in [2.75, 3.05) is 0 Å². The maximum Gasteiger partial charge on any atom is 0.103 e. The molecule has 2 aliphatic carbocycles. The Labute approximate surface area is 127 Å². The molecule has 0 spiro atoms. The van der Waals surface area contributed by atoms with Crippen molar-refractivity contribution in [1.82, 2.24) is 0 Å². The van der Waals surface area contributed by atoms with E-state index < -0.39 is 0 Å². The van der Waals surface area contributed by atoms with Crippen LogP contribution in [-0.4, -0.2) is 34.6 Å². The van der Waals surface area contributed by atoms with Crippen LogP contribution in [0.1, 0.15) is 66.2 Å². The molecule has 0 radical (unpaired) electrons. The van der Waals surface area contributed by atoms with Crippen molar-refractivity contribution < 1.29 is 14.2 Å². The van der Waals surface area contributed by atoms with Crippen molar-refractivity contribution >= 4 is 0 Å². The molecular weight excluding hydrogens is 264 g/mol. The molecule has 5 fully saturated rings. The molecule has 3 saturated heterocycles. The molecule has 6 atom stereocenters. The Balaban J connectivity index is 1.43. The quantitative estimate of drug-likeness (QED) is 0.732. The summed E-state index contributed by atoms with van der Waals surface area (Å²) in [5.74, 6) is 1.33. The molecule has 0 aromatic rings. The van der Waals surface area contributed by atoms with E-state index >= 15 is 0 Å². The van der Waals surface area contributed by atoms with Crippen LogP contribution in [0.2, 0.25) is 0 Å². The summed E-state index contributed by atoms with van der Waals surface area (Å²) in [6.07, 6.45) is 8.47. The molecule has 5 rings (SSSR count). The van der Waals surface area contributed by atoms with Gasteiger partial charge in [-0.15, -0.1) is 0 Å². The molecule has 0 aromatic carbocycles. The van der Waals surface area contributed by atoms with Crippen LogP contribution in [0.3, 0.4) is 0 Å². The summed E-state index contributed by atoms with van der Waals surface area (Å²) in [7, 11) is 0. The average molecular weight is 292 g/mol. The summed E-state index contributed by atoms with van der Waals surface area (Å²) in [5.41, 5.74) is 0.454. The highest BCUT2D eigenvalue weighted by atomic mass is 16.6. The fourth-order valence-electron chi connectivity index (χ4n) is 6.17. The smallest absolute Gasteiger partial charge is 0.103 e. The van der Waals surface area contributed by atoms with Gasteiger partial charge in [0.05, 0.1) is 29.0 Å². The number of hydrogen-bond donors (Lipinski definition) is 0. The Hall–Kier alpha value is -0.120. The summed E-state index contributed by atoms with van der Waals surface area (Å²) in [6, 6.07) is 0. The molecule has 3 heterocycles. The lowest BCUT2D eigenvalue weighted by Gasteiger charge is -2.38. The Kier molecular flexibility index (Phi) is 2.23. The van der Waals surface area contributed by atoms with E-state index in [0.717, 1.165) is 0 Å². The van der Waals surface area contributed by atoms with Crippen molar-refractivity contribution in [3.63, 3.8) is 0 Å². The highest BCUT2D eigenvalue weighted by Crippen LogP contribution is 2.67. The summed E-state index contributed by atoms with van der Waals surface area (Å²) in [4.78, 5) is 0. The van der Waals surface area contributed by atoms with Gasteiger partial charge in [-0.2, -0.15) is 0 Å². The lowest BCUT2D eigenvalue weighted by atomic mass is 9.62. The highest BCUT2D eigenvalue weighted by Gasteiger charge is 2.75. The van der Waals surface area contributed by atoms with Gasteiger partial charge < -0.3 is 14.2 Å². The highest BCUT2D eigenvalue weighted by molar-refractivity contribution is 5.23. The van der Waals surface area contributed by atoms with Crippen molar-refractivity contribution in [2.24, 2.45) is 11.8 Å². The van der Waals surface area contributed by atoms with E-state index in [2.05, 4.69) is 27.7 Å². The third-order valence-electron chi connectivity index (χ3n) is 7.47. The first-order valence-electron chi connectivity index (χ1n) is 8.85. The van der Waals surface area contributed by atoms with Gasteiger partial charge in [-0.05, 0) is 78.1 Å². The number of hydrogen-bond acceptors (Lipinski definition) is 3. The zero-order valence-corrected chi connectivity index (χ0v) is 13.8. The standard InChI is InChI=1S/C18H28O3/c1-15(2)18(21-15,11-5-7-13-16(3,9-11)19-13)12-6-8-14-17(4,10-12)20-14/h11-14H,5-10H2,1-4H3. The van der Waals surface area contributed by atoms with Crippen molar-refractivity contribution in [2.45, 2.75) is 101 Å². The van der Waals surface area contributed by atoms with Crippen LogP contribution >= 0.6 is 0 Å². The van der Waals surface area contributed by atoms with E-state index in [1.807, 2.05) is 0 Å². The minimum atomic E-state index is 0.0402.